The maximum atomic E-state index is 6.02. The predicted molar refractivity (Wildman–Crippen MR) is 65.3 cm³/mol. The van der Waals surface area contributed by atoms with Gasteiger partial charge in [0.25, 0.3) is 0 Å². The molecule has 0 bridgehead atoms. The van der Waals surface area contributed by atoms with Gasteiger partial charge in [-0.05, 0) is 37.1 Å². The van der Waals surface area contributed by atoms with Gasteiger partial charge in [0.2, 0.25) is 0 Å². The van der Waals surface area contributed by atoms with Gasteiger partial charge in [-0.1, -0.05) is 23.2 Å². The third-order valence-electron chi connectivity index (χ3n) is 3.59. The first kappa shape index (κ1) is 10.7. The van der Waals surface area contributed by atoms with E-state index in [-0.39, 0.29) is 0 Å². The standard InChI is InChI=1S/C12H13Cl2NO/c13-7-1-2-11(14)12(3-7)16-6-10-8-4-15-5-9(8)10/h1-3,8-10,15H,4-6H2/t8-,9+,10-. The van der Waals surface area contributed by atoms with Crippen molar-refractivity contribution in [1.82, 2.24) is 5.32 Å². The van der Waals surface area contributed by atoms with Crippen molar-refractivity contribution < 1.29 is 4.74 Å². The van der Waals surface area contributed by atoms with E-state index >= 15 is 0 Å². The van der Waals surface area contributed by atoms with Gasteiger partial charge in [0.1, 0.15) is 5.75 Å². The summed E-state index contributed by atoms with van der Waals surface area (Å²) in [4.78, 5) is 0. The average molecular weight is 258 g/mol. The summed E-state index contributed by atoms with van der Waals surface area (Å²) in [5.41, 5.74) is 0. The molecule has 0 aromatic heterocycles. The molecule has 3 rings (SSSR count). The minimum atomic E-state index is 0.633. The molecule has 4 heteroatoms. The lowest BCUT2D eigenvalue weighted by atomic mass is 10.3. The van der Waals surface area contributed by atoms with Crippen molar-refractivity contribution in [3.63, 3.8) is 0 Å². The average Bonchev–Trinajstić information content (AvgIpc) is 2.72. The first-order valence-electron chi connectivity index (χ1n) is 5.54. The van der Waals surface area contributed by atoms with E-state index in [4.69, 9.17) is 27.9 Å². The number of rotatable bonds is 3. The molecule has 0 spiro atoms. The van der Waals surface area contributed by atoms with Crippen LogP contribution in [0.1, 0.15) is 0 Å². The Morgan fingerprint density at radius 1 is 1.25 bits per heavy atom. The summed E-state index contributed by atoms with van der Waals surface area (Å²) in [5, 5.41) is 4.66. The highest BCUT2D eigenvalue weighted by atomic mass is 35.5. The van der Waals surface area contributed by atoms with E-state index in [0.717, 1.165) is 31.5 Å². The lowest BCUT2D eigenvalue weighted by Crippen LogP contribution is -2.17. The normalized spacial score (nSPS) is 31.2. The quantitative estimate of drug-likeness (QED) is 0.900. The molecule has 0 unspecified atom stereocenters. The van der Waals surface area contributed by atoms with E-state index in [1.54, 1.807) is 18.2 Å². The molecular weight excluding hydrogens is 245 g/mol. The predicted octanol–water partition coefficient (Wildman–Crippen LogP) is 2.84. The number of nitrogens with one attached hydrogen (secondary N) is 1. The fourth-order valence-corrected chi connectivity index (χ4v) is 2.90. The SMILES string of the molecule is Clc1ccc(Cl)c(OC[C@@H]2[C@@H]3CNC[C@@H]32)c1. The number of halogens is 2. The number of hydrogen-bond acceptors (Lipinski definition) is 2. The molecule has 1 N–H and O–H groups in total. The van der Waals surface area contributed by atoms with Crippen molar-refractivity contribution in [3.05, 3.63) is 28.2 Å². The highest BCUT2D eigenvalue weighted by Gasteiger charge is 2.52. The zero-order chi connectivity index (χ0) is 11.1. The van der Waals surface area contributed by atoms with Gasteiger partial charge >= 0.3 is 0 Å². The number of benzene rings is 1. The smallest absolute Gasteiger partial charge is 0.139 e. The Morgan fingerprint density at radius 2 is 2.00 bits per heavy atom. The Bertz CT molecular complexity index is 400. The van der Waals surface area contributed by atoms with Crippen molar-refractivity contribution in [3.8, 4) is 5.75 Å². The maximum Gasteiger partial charge on any atom is 0.139 e. The Balaban J connectivity index is 1.60. The van der Waals surface area contributed by atoms with E-state index in [1.165, 1.54) is 0 Å². The first-order chi connectivity index (χ1) is 7.75. The van der Waals surface area contributed by atoms with Crippen LogP contribution in [0.15, 0.2) is 18.2 Å². The van der Waals surface area contributed by atoms with Crippen molar-refractivity contribution in [2.75, 3.05) is 19.7 Å². The second-order valence-electron chi connectivity index (χ2n) is 4.54. The third-order valence-corrected chi connectivity index (χ3v) is 4.14. The van der Waals surface area contributed by atoms with Gasteiger partial charge < -0.3 is 10.1 Å². The van der Waals surface area contributed by atoms with Gasteiger partial charge in [0.15, 0.2) is 0 Å². The highest BCUT2D eigenvalue weighted by Crippen LogP contribution is 2.48. The van der Waals surface area contributed by atoms with E-state index in [2.05, 4.69) is 5.32 Å². The van der Waals surface area contributed by atoms with Crippen LogP contribution in [0.3, 0.4) is 0 Å². The van der Waals surface area contributed by atoms with Crippen LogP contribution in [0.2, 0.25) is 10.0 Å². The summed E-state index contributed by atoms with van der Waals surface area (Å²) < 4.78 is 5.73. The second kappa shape index (κ2) is 4.10. The highest BCUT2D eigenvalue weighted by molar-refractivity contribution is 6.34. The Hall–Kier alpha value is -0.440. The zero-order valence-electron chi connectivity index (χ0n) is 8.75. The molecule has 1 aromatic carbocycles. The van der Waals surface area contributed by atoms with E-state index in [1.807, 2.05) is 0 Å². The molecule has 0 radical (unpaired) electrons. The molecular formula is C12H13Cl2NO. The van der Waals surface area contributed by atoms with Crippen LogP contribution in [0.5, 0.6) is 5.75 Å². The molecule has 3 atom stereocenters. The fourth-order valence-electron chi connectivity index (χ4n) is 2.57. The Morgan fingerprint density at radius 3 is 2.75 bits per heavy atom. The van der Waals surface area contributed by atoms with Gasteiger partial charge in [0, 0.05) is 17.0 Å². The minimum absolute atomic E-state index is 0.633. The Labute approximate surface area is 105 Å². The summed E-state index contributed by atoms with van der Waals surface area (Å²) in [6, 6.07) is 5.32. The molecule has 1 saturated carbocycles. The summed E-state index contributed by atoms with van der Waals surface area (Å²) in [7, 11) is 0. The number of fused-ring (bicyclic) bond motifs is 1. The van der Waals surface area contributed by atoms with Crippen LogP contribution in [0.4, 0.5) is 0 Å². The summed E-state index contributed by atoms with van der Waals surface area (Å²) in [6.07, 6.45) is 0. The van der Waals surface area contributed by atoms with Crippen molar-refractivity contribution in [2.45, 2.75) is 0 Å². The van der Waals surface area contributed by atoms with Crippen LogP contribution in [-0.2, 0) is 0 Å². The van der Waals surface area contributed by atoms with E-state index in [0.29, 0.717) is 21.7 Å². The van der Waals surface area contributed by atoms with Crippen molar-refractivity contribution in [2.24, 2.45) is 17.8 Å². The number of ether oxygens (including phenoxy) is 1. The summed E-state index contributed by atoms with van der Waals surface area (Å²) in [6.45, 7) is 3.04. The molecule has 1 aliphatic heterocycles. The summed E-state index contributed by atoms with van der Waals surface area (Å²) >= 11 is 11.9. The maximum absolute atomic E-state index is 6.02. The molecule has 0 amide bonds. The van der Waals surface area contributed by atoms with Crippen LogP contribution in [-0.4, -0.2) is 19.7 Å². The molecule has 86 valence electrons. The molecule has 2 nitrogen and oxygen atoms in total. The number of hydrogen-bond donors (Lipinski definition) is 1. The van der Waals surface area contributed by atoms with Crippen LogP contribution in [0.25, 0.3) is 0 Å². The topological polar surface area (TPSA) is 21.3 Å². The second-order valence-corrected chi connectivity index (χ2v) is 5.38. The third kappa shape index (κ3) is 1.90. The minimum Gasteiger partial charge on any atom is -0.492 e. The lowest BCUT2D eigenvalue weighted by molar-refractivity contribution is 0.281. The lowest BCUT2D eigenvalue weighted by Gasteiger charge is -2.09. The molecule has 1 aromatic rings. The molecule has 1 saturated heterocycles. The zero-order valence-corrected chi connectivity index (χ0v) is 10.3. The molecule has 2 fully saturated rings. The van der Waals surface area contributed by atoms with Gasteiger partial charge in [0.05, 0.1) is 11.6 Å². The van der Waals surface area contributed by atoms with Gasteiger partial charge in [-0.15, -0.1) is 0 Å². The molecule has 1 aliphatic carbocycles. The fraction of sp³-hybridized carbons (Fsp3) is 0.500. The van der Waals surface area contributed by atoms with Gasteiger partial charge in [-0.25, -0.2) is 0 Å². The van der Waals surface area contributed by atoms with Crippen LogP contribution < -0.4 is 10.1 Å². The largest absolute Gasteiger partial charge is 0.492 e. The van der Waals surface area contributed by atoms with Crippen LogP contribution >= 0.6 is 23.2 Å². The monoisotopic (exact) mass is 257 g/mol. The van der Waals surface area contributed by atoms with Crippen molar-refractivity contribution >= 4 is 23.2 Å². The number of piperidine rings is 1. The Kier molecular flexibility index (Phi) is 2.74. The molecule has 16 heavy (non-hydrogen) atoms. The summed E-state index contributed by atoms with van der Waals surface area (Å²) in [5.74, 6) is 3.04. The van der Waals surface area contributed by atoms with Gasteiger partial charge in [-0.2, -0.15) is 0 Å². The van der Waals surface area contributed by atoms with Gasteiger partial charge in [-0.3, -0.25) is 0 Å². The van der Waals surface area contributed by atoms with Crippen molar-refractivity contribution in [1.29, 1.82) is 0 Å². The first-order valence-corrected chi connectivity index (χ1v) is 6.30. The molecule has 1 heterocycles. The molecule has 2 aliphatic rings. The van der Waals surface area contributed by atoms with E-state index < -0.39 is 0 Å². The van der Waals surface area contributed by atoms with Crippen LogP contribution in [0, 0.1) is 17.8 Å². The van der Waals surface area contributed by atoms with E-state index in [9.17, 15) is 0 Å².